The summed E-state index contributed by atoms with van der Waals surface area (Å²) in [4.78, 5) is 26.9. The van der Waals surface area contributed by atoms with Crippen LogP contribution in [0.15, 0.2) is 35.1 Å². The van der Waals surface area contributed by atoms with Crippen molar-refractivity contribution in [2.75, 3.05) is 7.11 Å². The van der Waals surface area contributed by atoms with Crippen LogP contribution in [0.2, 0.25) is 0 Å². The fourth-order valence-electron chi connectivity index (χ4n) is 3.83. The predicted octanol–water partition coefficient (Wildman–Crippen LogP) is 1.87. The number of aromatic nitrogens is 1. The first-order valence-electron chi connectivity index (χ1n) is 7.95. The molecule has 1 spiro atoms. The van der Waals surface area contributed by atoms with Gasteiger partial charge in [0.2, 0.25) is 11.8 Å². The molecule has 2 aromatic rings. The number of carbonyl (C=O) groups excluding carboxylic acids is 2. The van der Waals surface area contributed by atoms with Gasteiger partial charge in [0.25, 0.3) is 0 Å². The van der Waals surface area contributed by atoms with E-state index in [1.807, 2.05) is 24.3 Å². The molecule has 0 saturated carbocycles. The standard InChI is InChI=1S/C18H18N2O4/c1-23-11-15-14(10-24-19-15)9-20-16(21)8-18(17(20)22)6-12-4-2-3-5-13(12)7-18/h2-5,10H,6-9,11H2,1H3. The van der Waals surface area contributed by atoms with Crippen molar-refractivity contribution in [2.45, 2.75) is 32.4 Å². The Labute approximate surface area is 139 Å². The first-order valence-corrected chi connectivity index (χ1v) is 7.95. The molecule has 24 heavy (non-hydrogen) atoms. The third-order valence-corrected chi connectivity index (χ3v) is 5.00. The molecule has 0 atom stereocenters. The van der Waals surface area contributed by atoms with Gasteiger partial charge in [0.05, 0.1) is 18.6 Å². The largest absolute Gasteiger partial charge is 0.378 e. The van der Waals surface area contributed by atoms with Gasteiger partial charge < -0.3 is 9.26 Å². The molecule has 6 nitrogen and oxygen atoms in total. The SMILES string of the molecule is COCc1nocc1CN1C(=O)CC2(Cc3ccccc3C2)C1=O. The molecule has 0 N–H and O–H groups in total. The van der Waals surface area contributed by atoms with Crippen LogP contribution in [0.5, 0.6) is 0 Å². The van der Waals surface area contributed by atoms with Crippen molar-refractivity contribution in [1.29, 1.82) is 0 Å². The fourth-order valence-corrected chi connectivity index (χ4v) is 3.83. The number of nitrogens with zero attached hydrogens (tertiary/aromatic N) is 2. The number of likely N-dealkylation sites (tertiary alicyclic amines) is 1. The van der Waals surface area contributed by atoms with Crippen molar-refractivity contribution >= 4 is 11.8 Å². The number of rotatable bonds is 4. The molecule has 124 valence electrons. The van der Waals surface area contributed by atoms with E-state index in [4.69, 9.17) is 9.26 Å². The Morgan fingerprint density at radius 3 is 2.58 bits per heavy atom. The lowest BCUT2D eigenvalue weighted by molar-refractivity contribution is -0.142. The molecule has 1 saturated heterocycles. The summed E-state index contributed by atoms with van der Waals surface area (Å²) >= 11 is 0. The van der Waals surface area contributed by atoms with Gasteiger partial charge in [-0.15, -0.1) is 0 Å². The number of amides is 2. The predicted molar refractivity (Wildman–Crippen MR) is 83.7 cm³/mol. The molecule has 0 bridgehead atoms. The maximum atomic E-state index is 13.0. The lowest BCUT2D eigenvalue weighted by Gasteiger charge is -2.21. The Hall–Kier alpha value is -2.47. The van der Waals surface area contributed by atoms with Crippen LogP contribution in [-0.2, 0) is 40.3 Å². The van der Waals surface area contributed by atoms with Gasteiger partial charge in [0.15, 0.2) is 0 Å². The van der Waals surface area contributed by atoms with Crippen LogP contribution in [0.25, 0.3) is 0 Å². The lowest BCUT2D eigenvalue weighted by Crippen LogP contribution is -2.36. The topological polar surface area (TPSA) is 72.6 Å². The number of imide groups is 1. The highest BCUT2D eigenvalue weighted by molar-refractivity contribution is 6.06. The van der Waals surface area contributed by atoms with E-state index in [1.54, 1.807) is 7.11 Å². The third-order valence-electron chi connectivity index (χ3n) is 5.00. The molecule has 1 aromatic carbocycles. The summed E-state index contributed by atoms with van der Waals surface area (Å²) < 4.78 is 10.0. The Morgan fingerprint density at radius 1 is 1.21 bits per heavy atom. The van der Waals surface area contributed by atoms with E-state index in [9.17, 15) is 9.59 Å². The van der Waals surface area contributed by atoms with Crippen molar-refractivity contribution in [3.63, 3.8) is 0 Å². The zero-order valence-corrected chi connectivity index (χ0v) is 13.4. The van der Waals surface area contributed by atoms with Gasteiger partial charge >= 0.3 is 0 Å². The Balaban J connectivity index is 1.58. The van der Waals surface area contributed by atoms with Crippen LogP contribution < -0.4 is 0 Å². The molecular weight excluding hydrogens is 308 g/mol. The third kappa shape index (κ3) is 2.26. The minimum Gasteiger partial charge on any atom is -0.378 e. The van der Waals surface area contributed by atoms with E-state index in [1.165, 1.54) is 22.3 Å². The van der Waals surface area contributed by atoms with E-state index in [-0.39, 0.29) is 24.8 Å². The quantitative estimate of drug-likeness (QED) is 0.802. The minimum atomic E-state index is -0.612. The number of methoxy groups -OCH3 is 1. The van der Waals surface area contributed by atoms with Crippen molar-refractivity contribution in [3.8, 4) is 0 Å². The van der Waals surface area contributed by atoms with Gasteiger partial charge in [-0.3, -0.25) is 14.5 Å². The first kappa shape index (κ1) is 15.1. The number of benzene rings is 1. The molecule has 1 fully saturated rings. The van der Waals surface area contributed by atoms with Gasteiger partial charge in [-0.05, 0) is 24.0 Å². The Morgan fingerprint density at radius 2 is 1.92 bits per heavy atom. The van der Waals surface area contributed by atoms with Gasteiger partial charge in [-0.25, -0.2) is 0 Å². The second kappa shape index (κ2) is 5.56. The molecule has 0 unspecified atom stereocenters. The van der Waals surface area contributed by atoms with Gasteiger partial charge in [0, 0.05) is 19.1 Å². The molecule has 0 radical (unpaired) electrons. The van der Waals surface area contributed by atoms with E-state index in [2.05, 4.69) is 5.16 Å². The molecule has 1 aromatic heterocycles. The fraction of sp³-hybridized carbons (Fsp3) is 0.389. The Bertz CT molecular complexity index is 786. The summed E-state index contributed by atoms with van der Waals surface area (Å²) in [6.45, 7) is 0.483. The normalized spacial score (nSPS) is 18.6. The van der Waals surface area contributed by atoms with Crippen LogP contribution in [0.3, 0.4) is 0 Å². The summed E-state index contributed by atoms with van der Waals surface area (Å²) in [5.74, 6) is -0.217. The molecule has 4 rings (SSSR count). The number of hydrogen-bond acceptors (Lipinski definition) is 5. The van der Waals surface area contributed by atoms with E-state index < -0.39 is 5.41 Å². The van der Waals surface area contributed by atoms with Crippen molar-refractivity contribution in [2.24, 2.45) is 5.41 Å². The van der Waals surface area contributed by atoms with E-state index in [0.717, 1.165) is 0 Å². The highest BCUT2D eigenvalue weighted by Gasteiger charge is 2.54. The first-order chi connectivity index (χ1) is 11.6. The van der Waals surface area contributed by atoms with E-state index in [0.29, 0.717) is 30.7 Å². The number of hydrogen-bond donors (Lipinski definition) is 0. The lowest BCUT2D eigenvalue weighted by atomic mass is 9.83. The molecule has 2 heterocycles. The number of carbonyl (C=O) groups is 2. The molecule has 2 aliphatic rings. The monoisotopic (exact) mass is 326 g/mol. The zero-order valence-electron chi connectivity index (χ0n) is 13.4. The molecule has 1 aliphatic carbocycles. The maximum Gasteiger partial charge on any atom is 0.236 e. The maximum absolute atomic E-state index is 13.0. The highest BCUT2D eigenvalue weighted by atomic mass is 16.5. The van der Waals surface area contributed by atoms with Gasteiger partial charge in [-0.2, -0.15) is 0 Å². The number of ether oxygens (including phenoxy) is 1. The van der Waals surface area contributed by atoms with Crippen LogP contribution in [0, 0.1) is 5.41 Å². The average Bonchev–Trinajstić information content (AvgIpc) is 3.21. The van der Waals surface area contributed by atoms with Crippen LogP contribution in [0.4, 0.5) is 0 Å². The number of fused-ring (bicyclic) bond motifs is 1. The van der Waals surface area contributed by atoms with Crippen LogP contribution >= 0.6 is 0 Å². The summed E-state index contributed by atoms with van der Waals surface area (Å²) in [5, 5.41) is 3.87. The smallest absolute Gasteiger partial charge is 0.236 e. The molecule has 1 aliphatic heterocycles. The molecular formula is C18H18N2O4. The molecule has 2 amide bonds. The summed E-state index contributed by atoms with van der Waals surface area (Å²) in [7, 11) is 1.56. The minimum absolute atomic E-state index is 0.0896. The average molecular weight is 326 g/mol. The van der Waals surface area contributed by atoms with Crippen molar-refractivity contribution in [3.05, 3.63) is 52.9 Å². The highest BCUT2D eigenvalue weighted by Crippen LogP contribution is 2.45. The zero-order chi connectivity index (χ0) is 16.7. The van der Waals surface area contributed by atoms with Crippen molar-refractivity contribution in [1.82, 2.24) is 10.1 Å². The summed E-state index contributed by atoms with van der Waals surface area (Å²) in [6, 6.07) is 8.04. The second-order valence-electron chi connectivity index (χ2n) is 6.58. The van der Waals surface area contributed by atoms with Gasteiger partial charge in [-0.1, -0.05) is 29.4 Å². The van der Waals surface area contributed by atoms with Crippen LogP contribution in [-0.4, -0.2) is 29.0 Å². The molecule has 6 heteroatoms. The second-order valence-corrected chi connectivity index (χ2v) is 6.58. The summed E-state index contributed by atoms with van der Waals surface area (Å²) in [6.07, 6.45) is 3.02. The Kier molecular flexibility index (Phi) is 3.49. The van der Waals surface area contributed by atoms with E-state index >= 15 is 0 Å². The van der Waals surface area contributed by atoms with Gasteiger partial charge in [0.1, 0.15) is 12.0 Å². The van der Waals surface area contributed by atoms with Crippen molar-refractivity contribution < 1.29 is 18.8 Å². The van der Waals surface area contributed by atoms with Crippen LogP contribution in [0.1, 0.15) is 28.8 Å². The summed E-state index contributed by atoms with van der Waals surface area (Å²) in [5.41, 5.74) is 3.07.